The van der Waals surface area contributed by atoms with Gasteiger partial charge in [0.15, 0.2) is 0 Å². The summed E-state index contributed by atoms with van der Waals surface area (Å²) in [7, 11) is 1.69. The van der Waals surface area contributed by atoms with Gasteiger partial charge in [-0.25, -0.2) is 4.68 Å². The summed E-state index contributed by atoms with van der Waals surface area (Å²) in [5, 5.41) is 3.95. The van der Waals surface area contributed by atoms with Crippen molar-refractivity contribution in [1.82, 2.24) is 9.78 Å². The number of hydrogen-bond acceptors (Lipinski definition) is 5. The summed E-state index contributed by atoms with van der Waals surface area (Å²) in [6, 6.07) is 1.51. The van der Waals surface area contributed by atoms with Gasteiger partial charge in [0, 0.05) is 26.3 Å². The van der Waals surface area contributed by atoms with Gasteiger partial charge >= 0.3 is 0 Å². The van der Waals surface area contributed by atoms with Crippen LogP contribution < -0.4 is 10.5 Å². The molecule has 1 aliphatic heterocycles. The fourth-order valence-electron chi connectivity index (χ4n) is 1.96. The molecule has 1 aromatic heterocycles. The Balaban J connectivity index is 2.15. The van der Waals surface area contributed by atoms with Crippen molar-refractivity contribution < 1.29 is 9.53 Å². The maximum absolute atomic E-state index is 11.6. The summed E-state index contributed by atoms with van der Waals surface area (Å²) in [6.45, 7) is 1.63. The van der Waals surface area contributed by atoms with E-state index in [9.17, 15) is 9.59 Å². The molecule has 0 aliphatic carbocycles. The summed E-state index contributed by atoms with van der Waals surface area (Å²) >= 11 is 0. The monoisotopic (exact) mass is 237 g/mol. The third-order valence-electron chi connectivity index (χ3n) is 2.95. The van der Waals surface area contributed by atoms with Crippen LogP contribution in [-0.4, -0.2) is 42.4 Å². The SMILES string of the molecule is COC1CCN(c2cnn(CC=O)c(=O)c2)C1. The third-order valence-corrected chi connectivity index (χ3v) is 2.95. The molecule has 1 aliphatic rings. The standard InChI is InChI=1S/C11H15N3O3/c1-17-10-2-3-13(8-10)9-6-11(16)14(4-5-15)12-7-9/h5-7,10H,2-4,8H2,1H3. The van der Waals surface area contributed by atoms with E-state index in [0.29, 0.717) is 6.29 Å². The lowest BCUT2D eigenvalue weighted by molar-refractivity contribution is -0.108. The molecule has 17 heavy (non-hydrogen) atoms. The average molecular weight is 237 g/mol. The van der Waals surface area contributed by atoms with Gasteiger partial charge in [-0.2, -0.15) is 5.10 Å². The number of carbonyl (C=O) groups excluding carboxylic acids is 1. The molecule has 0 radical (unpaired) electrons. The molecule has 2 heterocycles. The van der Waals surface area contributed by atoms with Crippen molar-refractivity contribution in [3.05, 3.63) is 22.6 Å². The lowest BCUT2D eigenvalue weighted by Gasteiger charge is -2.17. The highest BCUT2D eigenvalue weighted by Gasteiger charge is 2.22. The second-order valence-corrected chi connectivity index (χ2v) is 3.99. The zero-order chi connectivity index (χ0) is 12.3. The van der Waals surface area contributed by atoms with Crippen LogP contribution in [0.5, 0.6) is 0 Å². The highest BCUT2D eigenvalue weighted by molar-refractivity contribution is 5.49. The van der Waals surface area contributed by atoms with E-state index in [1.807, 2.05) is 0 Å². The van der Waals surface area contributed by atoms with Crippen LogP contribution in [0.1, 0.15) is 6.42 Å². The third kappa shape index (κ3) is 2.52. The van der Waals surface area contributed by atoms with Crippen LogP contribution >= 0.6 is 0 Å². The minimum atomic E-state index is -0.254. The number of hydrogen-bond donors (Lipinski definition) is 0. The van der Waals surface area contributed by atoms with E-state index in [0.717, 1.165) is 29.9 Å². The molecule has 6 nitrogen and oxygen atoms in total. The van der Waals surface area contributed by atoms with Crippen molar-refractivity contribution in [2.45, 2.75) is 19.1 Å². The Kier molecular flexibility index (Phi) is 3.53. The fraction of sp³-hybridized carbons (Fsp3) is 0.545. The predicted octanol–water partition coefficient (Wildman–Crippen LogP) is -0.333. The summed E-state index contributed by atoms with van der Waals surface area (Å²) in [5.74, 6) is 0. The molecule has 1 fully saturated rings. The first-order valence-corrected chi connectivity index (χ1v) is 5.53. The van der Waals surface area contributed by atoms with Crippen LogP contribution in [0.2, 0.25) is 0 Å². The van der Waals surface area contributed by atoms with Crippen LogP contribution in [0.25, 0.3) is 0 Å². The second kappa shape index (κ2) is 5.09. The molecule has 6 heteroatoms. The Hall–Kier alpha value is -1.69. The number of aromatic nitrogens is 2. The highest BCUT2D eigenvalue weighted by Crippen LogP contribution is 2.18. The Labute approximate surface area is 98.8 Å². The Morgan fingerprint density at radius 2 is 2.47 bits per heavy atom. The van der Waals surface area contributed by atoms with Gasteiger partial charge in [0.05, 0.1) is 18.0 Å². The van der Waals surface area contributed by atoms with Crippen molar-refractivity contribution in [2.24, 2.45) is 0 Å². The predicted molar refractivity (Wildman–Crippen MR) is 62.2 cm³/mol. The first-order valence-electron chi connectivity index (χ1n) is 5.53. The number of ether oxygens (including phenoxy) is 1. The maximum Gasteiger partial charge on any atom is 0.269 e. The molecule has 1 atom stereocenters. The number of aldehydes is 1. The molecule has 0 bridgehead atoms. The van der Waals surface area contributed by atoms with E-state index in [1.54, 1.807) is 13.3 Å². The second-order valence-electron chi connectivity index (χ2n) is 3.99. The number of nitrogens with zero attached hydrogens (tertiary/aromatic N) is 3. The van der Waals surface area contributed by atoms with E-state index >= 15 is 0 Å². The minimum Gasteiger partial charge on any atom is -0.380 e. The first kappa shape index (κ1) is 11.8. The zero-order valence-electron chi connectivity index (χ0n) is 9.70. The molecule has 2 rings (SSSR count). The molecule has 1 aromatic rings. The van der Waals surface area contributed by atoms with Gasteiger partial charge in [0.2, 0.25) is 0 Å². The fourth-order valence-corrected chi connectivity index (χ4v) is 1.96. The molecule has 0 spiro atoms. The van der Waals surface area contributed by atoms with E-state index in [2.05, 4.69) is 10.00 Å². The van der Waals surface area contributed by atoms with Gasteiger partial charge in [0.25, 0.3) is 5.56 Å². The average Bonchev–Trinajstić information content (AvgIpc) is 2.80. The lowest BCUT2D eigenvalue weighted by Crippen LogP contribution is -2.27. The van der Waals surface area contributed by atoms with Gasteiger partial charge in [-0.1, -0.05) is 0 Å². The van der Waals surface area contributed by atoms with Gasteiger partial charge in [0.1, 0.15) is 12.8 Å². The minimum absolute atomic E-state index is 0.000189. The normalized spacial score (nSPS) is 19.6. The van der Waals surface area contributed by atoms with E-state index < -0.39 is 0 Å². The van der Waals surface area contributed by atoms with Crippen molar-refractivity contribution in [1.29, 1.82) is 0 Å². The van der Waals surface area contributed by atoms with Crippen LogP contribution in [-0.2, 0) is 16.1 Å². The van der Waals surface area contributed by atoms with Crippen LogP contribution in [0.15, 0.2) is 17.1 Å². The van der Waals surface area contributed by atoms with Crippen LogP contribution in [0.3, 0.4) is 0 Å². The number of anilines is 1. The van der Waals surface area contributed by atoms with Crippen LogP contribution in [0.4, 0.5) is 5.69 Å². The van der Waals surface area contributed by atoms with Crippen LogP contribution in [0, 0.1) is 0 Å². The molecule has 0 aromatic carbocycles. The van der Waals surface area contributed by atoms with Crippen molar-refractivity contribution in [2.75, 3.05) is 25.1 Å². The molecule has 0 N–H and O–H groups in total. The van der Waals surface area contributed by atoms with Gasteiger partial charge in [-0.15, -0.1) is 0 Å². The van der Waals surface area contributed by atoms with Crippen molar-refractivity contribution in [3.63, 3.8) is 0 Å². The highest BCUT2D eigenvalue weighted by atomic mass is 16.5. The van der Waals surface area contributed by atoms with E-state index in [4.69, 9.17) is 4.74 Å². The molecular weight excluding hydrogens is 222 g/mol. The molecule has 1 saturated heterocycles. The number of carbonyl (C=O) groups is 1. The number of rotatable bonds is 4. The van der Waals surface area contributed by atoms with E-state index in [1.165, 1.54) is 6.07 Å². The largest absolute Gasteiger partial charge is 0.380 e. The maximum atomic E-state index is 11.6. The van der Waals surface area contributed by atoms with Crippen molar-refractivity contribution in [3.8, 4) is 0 Å². The quantitative estimate of drug-likeness (QED) is 0.671. The smallest absolute Gasteiger partial charge is 0.269 e. The van der Waals surface area contributed by atoms with E-state index in [-0.39, 0.29) is 18.2 Å². The molecule has 1 unspecified atom stereocenters. The molecule has 0 saturated carbocycles. The van der Waals surface area contributed by atoms with Gasteiger partial charge in [-0.05, 0) is 6.42 Å². The Morgan fingerprint density at radius 1 is 1.65 bits per heavy atom. The zero-order valence-corrected chi connectivity index (χ0v) is 9.70. The molecule has 92 valence electrons. The first-order chi connectivity index (χ1) is 8.24. The summed E-state index contributed by atoms with van der Waals surface area (Å²) in [4.78, 5) is 24.0. The Morgan fingerprint density at radius 3 is 3.06 bits per heavy atom. The van der Waals surface area contributed by atoms with Gasteiger partial charge < -0.3 is 14.4 Å². The lowest BCUT2D eigenvalue weighted by atomic mass is 10.3. The Bertz CT molecular complexity index is 458. The molecule has 0 amide bonds. The van der Waals surface area contributed by atoms with Crippen molar-refractivity contribution >= 4 is 12.0 Å². The number of methoxy groups -OCH3 is 1. The topological polar surface area (TPSA) is 64.4 Å². The summed E-state index contributed by atoms with van der Waals surface area (Å²) in [6.07, 6.45) is 3.44. The van der Waals surface area contributed by atoms with Gasteiger partial charge in [-0.3, -0.25) is 4.79 Å². The summed E-state index contributed by atoms with van der Waals surface area (Å²) < 4.78 is 6.40. The summed E-state index contributed by atoms with van der Waals surface area (Å²) in [5.41, 5.74) is 0.534. The molecular formula is C11H15N3O3.